The van der Waals surface area contributed by atoms with Crippen molar-refractivity contribution in [2.24, 2.45) is 12.8 Å². The number of hydrogen-bond acceptors (Lipinski definition) is 4. The SMILES string of the molecule is Cn1cc(S(=O)(=O)NC2(C(N)=O)CC2)cc1C(=O)Nc1cc(F)c(F)c(Cl)c1. The maximum atomic E-state index is 13.4. The fourth-order valence-corrected chi connectivity index (χ4v) is 4.28. The van der Waals surface area contributed by atoms with Crippen molar-refractivity contribution in [3.05, 3.63) is 46.7 Å². The Morgan fingerprint density at radius 3 is 2.43 bits per heavy atom. The molecule has 1 aliphatic rings. The van der Waals surface area contributed by atoms with Gasteiger partial charge in [-0.05, 0) is 25.0 Å². The van der Waals surface area contributed by atoms with Crippen LogP contribution in [0.1, 0.15) is 23.3 Å². The number of carbonyl (C=O) groups is 2. The Hall–Kier alpha value is -2.50. The highest BCUT2D eigenvalue weighted by Crippen LogP contribution is 2.36. The number of aryl methyl sites for hydroxylation is 1. The van der Waals surface area contributed by atoms with Crippen LogP contribution in [0.15, 0.2) is 29.3 Å². The number of nitrogens with one attached hydrogen (secondary N) is 2. The third-order valence-corrected chi connectivity index (χ3v) is 6.09. The lowest BCUT2D eigenvalue weighted by Gasteiger charge is -2.12. The first kappa shape index (κ1) is 20.2. The van der Waals surface area contributed by atoms with Gasteiger partial charge >= 0.3 is 0 Å². The molecule has 0 bridgehead atoms. The van der Waals surface area contributed by atoms with Gasteiger partial charge in [0, 0.05) is 25.0 Å². The van der Waals surface area contributed by atoms with E-state index in [-0.39, 0.29) is 16.3 Å². The van der Waals surface area contributed by atoms with Crippen LogP contribution < -0.4 is 15.8 Å². The molecule has 0 saturated heterocycles. The minimum atomic E-state index is -4.11. The van der Waals surface area contributed by atoms with Crippen LogP contribution in [-0.2, 0) is 21.9 Å². The molecule has 1 heterocycles. The number of sulfonamides is 1. The molecular weight excluding hydrogens is 418 g/mol. The summed E-state index contributed by atoms with van der Waals surface area (Å²) in [5, 5.41) is 1.79. The topological polar surface area (TPSA) is 123 Å². The van der Waals surface area contributed by atoms with E-state index in [2.05, 4.69) is 10.0 Å². The minimum Gasteiger partial charge on any atom is -0.368 e. The van der Waals surface area contributed by atoms with Crippen LogP contribution >= 0.6 is 11.6 Å². The quantitative estimate of drug-likeness (QED) is 0.598. The van der Waals surface area contributed by atoms with Crippen LogP contribution in [0.2, 0.25) is 5.02 Å². The molecule has 0 unspecified atom stereocenters. The molecule has 3 rings (SSSR count). The highest BCUT2D eigenvalue weighted by atomic mass is 35.5. The maximum absolute atomic E-state index is 13.4. The average Bonchev–Trinajstić information content (AvgIpc) is 3.24. The van der Waals surface area contributed by atoms with Gasteiger partial charge in [0.15, 0.2) is 11.6 Å². The summed E-state index contributed by atoms with van der Waals surface area (Å²) in [5.41, 5.74) is 3.73. The summed E-state index contributed by atoms with van der Waals surface area (Å²) >= 11 is 5.54. The molecule has 150 valence electrons. The van der Waals surface area contributed by atoms with E-state index in [1.807, 2.05) is 0 Å². The van der Waals surface area contributed by atoms with Gasteiger partial charge in [-0.25, -0.2) is 17.2 Å². The predicted octanol–water partition coefficient (Wildman–Crippen LogP) is 1.51. The van der Waals surface area contributed by atoms with Crippen molar-refractivity contribution >= 4 is 39.1 Å². The summed E-state index contributed by atoms with van der Waals surface area (Å²) in [5.74, 6) is -4.05. The summed E-state index contributed by atoms with van der Waals surface area (Å²) in [4.78, 5) is 23.6. The second-order valence-corrected chi connectivity index (χ2v) is 8.52. The molecule has 1 fully saturated rings. The molecule has 28 heavy (non-hydrogen) atoms. The molecular formula is C16H15ClF2N4O4S. The van der Waals surface area contributed by atoms with E-state index < -0.39 is 44.0 Å². The number of halogens is 3. The maximum Gasteiger partial charge on any atom is 0.272 e. The summed E-state index contributed by atoms with van der Waals surface area (Å²) in [7, 11) is -2.69. The summed E-state index contributed by atoms with van der Waals surface area (Å²) in [6, 6.07) is 2.84. The van der Waals surface area contributed by atoms with Crippen molar-refractivity contribution < 1.29 is 26.8 Å². The first-order chi connectivity index (χ1) is 12.9. The second-order valence-electron chi connectivity index (χ2n) is 6.43. The van der Waals surface area contributed by atoms with Gasteiger partial charge in [0.25, 0.3) is 5.91 Å². The van der Waals surface area contributed by atoms with Crippen LogP contribution in [0.25, 0.3) is 0 Å². The fraction of sp³-hybridized carbons (Fsp3) is 0.250. The molecule has 4 N–H and O–H groups in total. The minimum absolute atomic E-state index is 0.0786. The van der Waals surface area contributed by atoms with Crippen LogP contribution in [0.4, 0.5) is 14.5 Å². The number of aromatic nitrogens is 1. The number of anilines is 1. The molecule has 0 radical (unpaired) electrons. The van der Waals surface area contributed by atoms with Crippen molar-refractivity contribution in [1.29, 1.82) is 0 Å². The average molecular weight is 433 g/mol. The molecule has 0 atom stereocenters. The van der Waals surface area contributed by atoms with E-state index >= 15 is 0 Å². The Morgan fingerprint density at radius 1 is 1.25 bits per heavy atom. The summed E-state index contributed by atoms with van der Waals surface area (Å²) < 4.78 is 55.1. The molecule has 1 saturated carbocycles. The normalized spacial score (nSPS) is 15.3. The molecule has 8 nitrogen and oxygen atoms in total. The third-order valence-electron chi connectivity index (χ3n) is 4.32. The van der Waals surface area contributed by atoms with Crippen molar-refractivity contribution in [3.8, 4) is 0 Å². The monoisotopic (exact) mass is 432 g/mol. The van der Waals surface area contributed by atoms with Gasteiger partial charge < -0.3 is 15.6 Å². The summed E-state index contributed by atoms with van der Waals surface area (Å²) in [6.45, 7) is 0. The molecule has 2 amide bonds. The number of carbonyl (C=O) groups excluding carboxylic acids is 2. The van der Waals surface area contributed by atoms with Gasteiger partial charge in [0.05, 0.1) is 5.02 Å². The molecule has 12 heteroatoms. The fourth-order valence-electron chi connectivity index (χ4n) is 2.57. The second kappa shape index (κ2) is 6.83. The lowest BCUT2D eigenvalue weighted by molar-refractivity contribution is -0.120. The van der Waals surface area contributed by atoms with Gasteiger partial charge in [-0.2, -0.15) is 4.72 Å². The van der Waals surface area contributed by atoms with Gasteiger partial charge in [-0.15, -0.1) is 0 Å². The van der Waals surface area contributed by atoms with Crippen LogP contribution in [0, 0.1) is 11.6 Å². The van der Waals surface area contributed by atoms with Gasteiger partial charge in [0.2, 0.25) is 15.9 Å². The number of benzene rings is 1. The number of hydrogen-bond donors (Lipinski definition) is 3. The Labute approximate surface area is 163 Å². The standard InChI is InChI=1S/C16H15ClF2N4O4S/c1-23-7-9(28(26,27)22-16(2-3-16)15(20)25)6-12(23)14(24)21-8-4-10(17)13(19)11(18)5-8/h4-7,22H,2-3H2,1H3,(H2,20,25)(H,21,24). The van der Waals surface area contributed by atoms with Crippen molar-refractivity contribution in [2.75, 3.05) is 5.32 Å². The van der Waals surface area contributed by atoms with Gasteiger partial charge in [-0.3, -0.25) is 9.59 Å². The lowest BCUT2D eigenvalue weighted by Crippen LogP contribution is -2.46. The zero-order chi connectivity index (χ0) is 20.9. The Morgan fingerprint density at radius 2 is 1.89 bits per heavy atom. The first-order valence-electron chi connectivity index (χ1n) is 7.91. The highest BCUT2D eigenvalue weighted by Gasteiger charge is 2.51. The van der Waals surface area contributed by atoms with Gasteiger partial charge in [-0.1, -0.05) is 11.6 Å². The molecule has 0 spiro atoms. The molecule has 2 aromatic rings. The number of nitrogens with two attached hydrogens (primary N) is 1. The van der Waals surface area contributed by atoms with Crippen molar-refractivity contribution in [2.45, 2.75) is 23.3 Å². The number of amides is 2. The van der Waals surface area contributed by atoms with Crippen molar-refractivity contribution in [1.82, 2.24) is 9.29 Å². The molecule has 1 aromatic heterocycles. The lowest BCUT2D eigenvalue weighted by atomic mass is 10.3. The van der Waals surface area contributed by atoms with Crippen LogP contribution in [0.5, 0.6) is 0 Å². The van der Waals surface area contributed by atoms with Crippen LogP contribution in [0.3, 0.4) is 0 Å². The Kier molecular flexibility index (Phi) is 4.94. The zero-order valence-electron chi connectivity index (χ0n) is 14.4. The number of nitrogens with zero attached hydrogens (tertiary/aromatic N) is 1. The zero-order valence-corrected chi connectivity index (χ0v) is 16.0. The smallest absolute Gasteiger partial charge is 0.272 e. The van der Waals surface area contributed by atoms with Crippen LogP contribution in [-0.4, -0.2) is 30.3 Å². The highest BCUT2D eigenvalue weighted by molar-refractivity contribution is 7.89. The molecule has 1 aromatic carbocycles. The summed E-state index contributed by atoms with van der Waals surface area (Å²) in [6.07, 6.45) is 1.75. The Bertz CT molecular complexity index is 1070. The van der Waals surface area contributed by atoms with Gasteiger partial charge in [0.1, 0.15) is 16.1 Å². The number of primary amides is 1. The molecule has 1 aliphatic carbocycles. The third kappa shape index (κ3) is 3.73. The van der Waals surface area contributed by atoms with E-state index in [0.717, 1.165) is 18.2 Å². The van der Waals surface area contributed by atoms with E-state index in [1.165, 1.54) is 17.8 Å². The number of rotatable bonds is 6. The first-order valence-corrected chi connectivity index (χ1v) is 9.77. The van der Waals surface area contributed by atoms with E-state index in [1.54, 1.807) is 0 Å². The largest absolute Gasteiger partial charge is 0.368 e. The molecule has 0 aliphatic heterocycles. The predicted molar refractivity (Wildman–Crippen MR) is 96.2 cm³/mol. The van der Waals surface area contributed by atoms with E-state index in [0.29, 0.717) is 12.8 Å². The van der Waals surface area contributed by atoms with E-state index in [9.17, 15) is 26.8 Å². The van der Waals surface area contributed by atoms with Crippen molar-refractivity contribution in [3.63, 3.8) is 0 Å². The van der Waals surface area contributed by atoms with E-state index in [4.69, 9.17) is 17.3 Å². The Balaban J connectivity index is 1.84.